The summed E-state index contributed by atoms with van der Waals surface area (Å²) in [7, 11) is 0. The highest BCUT2D eigenvalue weighted by Gasteiger charge is 2.44. The van der Waals surface area contributed by atoms with Crippen molar-refractivity contribution in [2.45, 2.75) is 26.1 Å². The van der Waals surface area contributed by atoms with Crippen LogP contribution in [-0.4, -0.2) is 33.5 Å². The normalized spacial score (nSPS) is 17.3. The van der Waals surface area contributed by atoms with Gasteiger partial charge in [0, 0.05) is 29.2 Å². The minimum absolute atomic E-state index is 0.205. The fourth-order valence-corrected chi connectivity index (χ4v) is 3.20. The summed E-state index contributed by atoms with van der Waals surface area (Å²) in [6, 6.07) is 7.72. The van der Waals surface area contributed by atoms with Gasteiger partial charge >= 0.3 is 12.2 Å². The molecule has 3 heterocycles. The quantitative estimate of drug-likeness (QED) is 0.680. The second-order valence-electron chi connectivity index (χ2n) is 6.52. The molecule has 0 saturated carbocycles. The summed E-state index contributed by atoms with van der Waals surface area (Å²) < 4.78 is 1.80. The monoisotopic (exact) mass is 346 g/mol. The molecule has 3 aromatic rings. The van der Waals surface area contributed by atoms with Crippen molar-refractivity contribution in [3.8, 4) is 0 Å². The smallest absolute Gasteiger partial charge is 0.287 e. The zero-order chi connectivity index (χ0) is 18.3. The number of benzene rings is 1. The van der Waals surface area contributed by atoms with Crippen LogP contribution in [0.1, 0.15) is 19.9 Å². The molecule has 130 valence electrons. The highest BCUT2D eigenvalue weighted by atomic mass is 16.2. The molecule has 4 rings (SSSR count). The Morgan fingerprint density at radius 1 is 1.23 bits per heavy atom. The van der Waals surface area contributed by atoms with Crippen LogP contribution < -0.4 is 9.80 Å². The number of nitrogens with zero attached hydrogens (tertiary/aromatic N) is 6. The Labute approximate surface area is 151 Å². The van der Waals surface area contributed by atoms with E-state index in [1.165, 1.54) is 4.90 Å². The molecule has 1 aliphatic heterocycles. The summed E-state index contributed by atoms with van der Waals surface area (Å²) in [6.07, 6.45) is 6.33. The van der Waals surface area contributed by atoms with Crippen LogP contribution in [0.4, 0.5) is 16.2 Å². The van der Waals surface area contributed by atoms with E-state index in [9.17, 15) is 4.79 Å². The Hall–Kier alpha value is -3.40. The van der Waals surface area contributed by atoms with Crippen molar-refractivity contribution in [2.24, 2.45) is 0 Å². The van der Waals surface area contributed by atoms with Crippen LogP contribution in [-0.2, 0) is 0 Å². The second kappa shape index (κ2) is 6.15. The first kappa shape index (κ1) is 16.1. The van der Waals surface area contributed by atoms with Crippen LogP contribution in [0.5, 0.6) is 0 Å². The molecule has 0 radical (unpaired) electrons. The molecule has 26 heavy (non-hydrogen) atoms. The fraction of sp³-hybridized carbons (Fsp3) is 0.263. The Morgan fingerprint density at radius 2 is 2.04 bits per heavy atom. The Morgan fingerprint density at radius 3 is 2.77 bits per heavy atom. The van der Waals surface area contributed by atoms with Gasteiger partial charge in [-0.15, -0.1) is 0 Å². The van der Waals surface area contributed by atoms with Gasteiger partial charge in [0.2, 0.25) is 0 Å². The van der Waals surface area contributed by atoms with Gasteiger partial charge in [-0.05, 0) is 13.8 Å². The van der Waals surface area contributed by atoms with Crippen molar-refractivity contribution in [3.63, 3.8) is 0 Å². The second-order valence-corrected chi connectivity index (χ2v) is 6.52. The number of aromatic nitrogens is 3. The molecule has 1 saturated heterocycles. The predicted molar refractivity (Wildman–Crippen MR) is 100.0 cm³/mol. The third-order valence-electron chi connectivity index (χ3n) is 4.57. The molecule has 2 aromatic heterocycles. The summed E-state index contributed by atoms with van der Waals surface area (Å²) in [5.74, 6) is 0. The van der Waals surface area contributed by atoms with E-state index >= 15 is 0 Å². The molecule has 0 spiro atoms. The Bertz CT molecular complexity index is 1010. The maximum atomic E-state index is 13.1. The van der Waals surface area contributed by atoms with Crippen LogP contribution in [0, 0.1) is 6.57 Å². The molecule has 1 aliphatic rings. The molecule has 0 N–H and O–H groups in total. The maximum Gasteiger partial charge on any atom is 0.335 e. The number of pyridine rings is 1. The Balaban J connectivity index is 1.76. The van der Waals surface area contributed by atoms with Gasteiger partial charge in [-0.1, -0.05) is 24.3 Å². The number of carbonyl (C=O) groups is 1. The summed E-state index contributed by atoms with van der Waals surface area (Å²) in [5.41, 5.74) is 1.36. The largest absolute Gasteiger partial charge is 0.335 e. The average Bonchev–Trinajstić information content (AvgIpc) is 3.26. The van der Waals surface area contributed by atoms with Crippen LogP contribution in [0.15, 0.2) is 49.1 Å². The van der Waals surface area contributed by atoms with Crippen LogP contribution >= 0.6 is 0 Å². The molecule has 1 aromatic carbocycles. The van der Waals surface area contributed by atoms with E-state index < -0.39 is 6.17 Å². The van der Waals surface area contributed by atoms with Gasteiger partial charge in [0.05, 0.1) is 23.8 Å². The number of urea groups is 1. The molecule has 7 nitrogen and oxygen atoms in total. The minimum atomic E-state index is -0.600. The van der Waals surface area contributed by atoms with Crippen molar-refractivity contribution in [3.05, 3.63) is 60.5 Å². The third-order valence-corrected chi connectivity index (χ3v) is 4.57. The van der Waals surface area contributed by atoms with Crippen molar-refractivity contribution in [2.75, 3.05) is 16.3 Å². The summed E-state index contributed by atoms with van der Waals surface area (Å²) in [4.78, 5) is 24.2. The average molecular weight is 346 g/mol. The Kier molecular flexibility index (Phi) is 3.81. The minimum Gasteiger partial charge on any atom is -0.287 e. The van der Waals surface area contributed by atoms with Crippen LogP contribution in [0.25, 0.3) is 15.6 Å². The zero-order valence-electron chi connectivity index (χ0n) is 14.6. The number of fused-ring (bicyclic) bond motifs is 1. The molecule has 0 aliphatic carbocycles. The number of rotatable bonds is 3. The summed E-state index contributed by atoms with van der Waals surface area (Å²) >= 11 is 0. The predicted octanol–water partition coefficient (Wildman–Crippen LogP) is 3.70. The van der Waals surface area contributed by atoms with Crippen molar-refractivity contribution in [1.29, 1.82) is 0 Å². The van der Waals surface area contributed by atoms with E-state index in [-0.39, 0.29) is 12.1 Å². The van der Waals surface area contributed by atoms with Gasteiger partial charge in [0.25, 0.3) is 0 Å². The number of carbonyl (C=O) groups excluding carboxylic acids is 1. The van der Waals surface area contributed by atoms with E-state index in [0.29, 0.717) is 17.9 Å². The van der Waals surface area contributed by atoms with Gasteiger partial charge < -0.3 is 0 Å². The van der Waals surface area contributed by atoms with Gasteiger partial charge in [-0.3, -0.25) is 19.4 Å². The van der Waals surface area contributed by atoms with E-state index in [2.05, 4.69) is 14.9 Å². The van der Waals surface area contributed by atoms with Crippen molar-refractivity contribution in [1.82, 2.24) is 14.8 Å². The van der Waals surface area contributed by atoms with E-state index in [1.54, 1.807) is 28.2 Å². The molecule has 1 fully saturated rings. The van der Waals surface area contributed by atoms with Gasteiger partial charge in [0.1, 0.15) is 6.54 Å². The van der Waals surface area contributed by atoms with Crippen molar-refractivity contribution >= 4 is 28.2 Å². The molecule has 0 unspecified atom stereocenters. The number of amides is 2. The summed E-state index contributed by atoms with van der Waals surface area (Å²) in [5, 5.41) is 6.15. The highest BCUT2D eigenvalue weighted by molar-refractivity contribution is 6.11. The zero-order valence-corrected chi connectivity index (χ0v) is 14.6. The molecule has 2 amide bonds. The van der Waals surface area contributed by atoms with Gasteiger partial charge in [-0.25, -0.2) is 16.3 Å². The van der Waals surface area contributed by atoms with Gasteiger partial charge in [0.15, 0.2) is 0 Å². The first-order valence-electron chi connectivity index (χ1n) is 8.44. The summed E-state index contributed by atoms with van der Waals surface area (Å²) in [6.45, 7) is 11.9. The molecular weight excluding hydrogens is 328 g/mol. The lowest BCUT2D eigenvalue weighted by atomic mass is 10.1. The van der Waals surface area contributed by atoms with Crippen LogP contribution in [0.2, 0.25) is 0 Å². The SMILES string of the molecule is [C-]#[N+][C@H]1CN(c2cnn(C(C)C)c2)C(=O)N1c1cncc2ccccc12. The first-order valence-corrected chi connectivity index (χ1v) is 8.44. The lowest BCUT2D eigenvalue weighted by molar-refractivity contribution is 0.255. The number of anilines is 2. The lowest BCUT2D eigenvalue weighted by Crippen LogP contribution is -2.34. The molecule has 1 atom stereocenters. The van der Waals surface area contributed by atoms with E-state index in [0.717, 1.165) is 10.8 Å². The highest BCUT2D eigenvalue weighted by Crippen LogP contribution is 2.33. The number of hydrogen-bond acceptors (Lipinski definition) is 3. The first-order chi connectivity index (χ1) is 12.6. The molecule has 0 bridgehead atoms. The lowest BCUT2D eigenvalue weighted by Gasteiger charge is -2.18. The van der Waals surface area contributed by atoms with E-state index in [1.807, 2.05) is 44.3 Å². The molecular formula is C19H18N6O. The molecule has 7 heteroatoms. The van der Waals surface area contributed by atoms with Crippen LogP contribution in [0.3, 0.4) is 0 Å². The maximum absolute atomic E-state index is 13.1. The topological polar surface area (TPSA) is 58.6 Å². The van der Waals surface area contributed by atoms with Crippen molar-refractivity contribution < 1.29 is 4.79 Å². The fourth-order valence-electron chi connectivity index (χ4n) is 3.20. The number of hydrogen-bond donors (Lipinski definition) is 0. The van der Waals surface area contributed by atoms with Gasteiger partial charge in [-0.2, -0.15) is 5.10 Å². The third kappa shape index (κ3) is 2.47. The van der Waals surface area contributed by atoms with E-state index in [4.69, 9.17) is 6.57 Å². The standard InChI is InChI=1S/C19H18N6O/c1-13(2)24-11-15(9-22-24)23-12-18(20-3)25(19(23)26)17-10-21-8-14-6-4-5-7-16(14)17/h4-11,13,18H,12H2,1-2H3/t18-/m1/s1.